The lowest BCUT2D eigenvalue weighted by Gasteiger charge is -2.17. The van der Waals surface area contributed by atoms with E-state index in [1.807, 2.05) is 13.8 Å². The first-order valence-electron chi connectivity index (χ1n) is 6.92. The van der Waals surface area contributed by atoms with Crippen LogP contribution in [0.2, 0.25) is 0 Å². The van der Waals surface area contributed by atoms with Crippen LogP contribution >= 0.6 is 0 Å². The van der Waals surface area contributed by atoms with Crippen molar-refractivity contribution in [2.24, 2.45) is 0 Å². The molecule has 1 amide bonds. The maximum atomic E-state index is 13.7. The molecule has 0 saturated carbocycles. The fourth-order valence-electron chi connectivity index (χ4n) is 2.28. The summed E-state index contributed by atoms with van der Waals surface area (Å²) in [5.74, 6) is -0.597. The average molecular weight is 289 g/mol. The van der Waals surface area contributed by atoms with Gasteiger partial charge >= 0.3 is 0 Å². The SMILES string of the molecule is CC(NC(=O)c1cc(N)cn1C(C)C)c1ccccc1F. The number of halogens is 1. The molecule has 1 aromatic carbocycles. The molecular weight excluding hydrogens is 269 g/mol. The number of amides is 1. The van der Waals surface area contributed by atoms with Crippen LogP contribution in [0.5, 0.6) is 0 Å². The number of nitrogens with two attached hydrogens (primary N) is 1. The van der Waals surface area contributed by atoms with Gasteiger partial charge in [0, 0.05) is 17.8 Å². The molecule has 0 aliphatic rings. The van der Waals surface area contributed by atoms with Gasteiger partial charge in [-0.3, -0.25) is 4.79 Å². The molecule has 0 radical (unpaired) electrons. The molecular formula is C16H20FN3O. The fraction of sp³-hybridized carbons (Fsp3) is 0.312. The van der Waals surface area contributed by atoms with E-state index >= 15 is 0 Å². The first kappa shape index (κ1) is 15.1. The molecule has 3 N–H and O–H groups in total. The number of nitrogens with one attached hydrogen (secondary N) is 1. The average Bonchev–Trinajstić information content (AvgIpc) is 2.81. The first-order valence-corrected chi connectivity index (χ1v) is 6.92. The zero-order valence-corrected chi connectivity index (χ0v) is 12.4. The molecule has 0 saturated heterocycles. The number of aromatic nitrogens is 1. The fourth-order valence-corrected chi connectivity index (χ4v) is 2.28. The molecule has 1 unspecified atom stereocenters. The molecule has 2 rings (SSSR count). The van der Waals surface area contributed by atoms with Gasteiger partial charge in [-0.1, -0.05) is 18.2 Å². The van der Waals surface area contributed by atoms with Gasteiger partial charge in [0.05, 0.1) is 11.7 Å². The van der Waals surface area contributed by atoms with Crippen LogP contribution in [-0.4, -0.2) is 10.5 Å². The molecule has 2 aromatic rings. The number of carbonyl (C=O) groups is 1. The summed E-state index contributed by atoms with van der Waals surface area (Å²) in [7, 11) is 0. The Kier molecular flexibility index (Phi) is 4.31. The topological polar surface area (TPSA) is 60.1 Å². The number of benzene rings is 1. The van der Waals surface area contributed by atoms with Crippen molar-refractivity contribution in [3.63, 3.8) is 0 Å². The molecule has 4 nitrogen and oxygen atoms in total. The molecule has 112 valence electrons. The van der Waals surface area contributed by atoms with Gasteiger partial charge in [-0.25, -0.2) is 4.39 Å². The van der Waals surface area contributed by atoms with Gasteiger partial charge in [0.25, 0.3) is 5.91 Å². The second-order valence-electron chi connectivity index (χ2n) is 5.38. The maximum absolute atomic E-state index is 13.7. The van der Waals surface area contributed by atoms with Crippen LogP contribution in [0, 0.1) is 5.82 Å². The number of rotatable bonds is 4. The summed E-state index contributed by atoms with van der Waals surface area (Å²) >= 11 is 0. The Labute approximate surface area is 123 Å². The van der Waals surface area contributed by atoms with E-state index in [1.165, 1.54) is 6.07 Å². The third kappa shape index (κ3) is 3.24. The molecule has 1 atom stereocenters. The third-order valence-electron chi connectivity index (χ3n) is 3.38. The van der Waals surface area contributed by atoms with Crippen molar-refractivity contribution in [1.82, 2.24) is 9.88 Å². The van der Waals surface area contributed by atoms with Crippen LogP contribution in [0.15, 0.2) is 36.5 Å². The predicted molar refractivity (Wildman–Crippen MR) is 81.5 cm³/mol. The van der Waals surface area contributed by atoms with E-state index in [-0.39, 0.29) is 17.8 Å². The summed E-state index contributed by atoms with van der Waals surface area (Å²) in [5.41, 5.74) is 7.23. The summed E-state index contributed by atoms with van der Waals surface area (Å²) in [4.78, 5) is 12.4. The van der Waals surface area contributed by atoms with Crippen LogP contribution in [-0.2, 0) is 0 Å². The Bertz CT molecular complexity index is 649. The minimum absolute atomic E-state index is 0.117. The van der Waals surface area contributed by atoms with Gasteiger partial charge < -0.3 is 15.6 Å². The Balaban J connectivity index is 2.20. The molecule has 0 aliphatic carbocycles. The highest BCUT2D eigenvalue weighted by atomic mass is 19.1. The normalized spacial score (nSPS) is 12.4. The van der Waals surface area contributed by atoms with Gasteiger partial charge in [-0.05, 0) is 32.9 Å². The quantitative estimate of drug-likeness (QED) is 0.907. The van der Waals surface area contributed by atoms with Crippen molar-refractivity contribution in [3.8, 4) is 0 Å². The van der Waals surface area contributed by atoms with Gasteiger partial charge in [-0.2, -0.15) is 0 Å². The van der Waals surface area contributed by atoms with E-state index in [2.05, 4.69) is 5.32 Å². The van der Waals surface area contributed by atoms with Gasteiger partial charge in [-0.15, -0.1) is 0 Å². The van der Waals surface area contributed by atoms with Crippen LogP contribution in [0.4, 0.5) is 10.1 Å². The van der Waals surface area contributed by atoms with Crippen molar-refractivity contribution >= 4 is 11.6 Å². The number of nitrogens with zero attached hydrogens (tertiary/aromatic N) is 1. The molecule has 0 bridgehead atoms. The molecule has 1 heterocycles. The Morgan fingerprint density at radius 2 is 1.95 bits per heavy atom. The summed E-state index contributed by atoms with van der Waals surface area (Å²) in [6.07, 6.45) is 1.73. The van der Waals surface area contributed by atoms with E-state index in [1.54, 1.807) is 42.0 Å². The molecule has 1 aromatic heterocycles. The Morgan fingerprint density at radius 3 is 2.57 bits per heavy atom. The van der Waals surface area contributed by atoms with Crippen LogP contribution < -0.4 is 11.1 Å². The molecule has 21 heavy (non-hydrogen) atoms. The van der Waals surface area contributed by atoms with Crippen LogP contribution in [0.3, 0.4) is 0 Å². The number of hydrogen-bond acceptors (Lipinski definition) is 2. The van der Waals surface area contributed by atoms with Crippen molar-refractivity contribution in [1.29, 1.82) is 0 Å². The largest absolute Gasteiger partial charge is 0.397 e. The maximum Gasteiger partial charge on any atom is 0.268 e. The Hall–Kier alpha value is -2.30. The van der Waals surface area contributed by atoms with E-state index in [0.717, 1.165) is 0 Å². The smallest absolute Gasteiger partial charge is 0.268 e. The monoisotopic (exact) mass is 289 g/mol. The second-order valence-corrected chi connectivity index (χ2v) is 5.38. The van der Waals surface area contributed by atoms with Crippen LogP contribution in [0.1, 0.15) is 48.9 Å². The van der Waals surface area contributed by atoms with Gasteiger partial charge in [0.15, 0.2) is 0 Å². The van der Waals surface area contributed by atoms with Gasteiger partial charge in [0.1, 0.15) is 11.5 Å². The van der Waals surface area contributed by atoms with E-state index in [4.69, 9.17) is 5.73 Å². The predicted octanol–water partition coefficient (Wildman–Crippen LogP) is 3.28. The highest BCUT2D eigenvalue weighted by Gasteiger charge is 2.18. The minimum Gasteiger partial charge on any atom is -0.397 e. The minimum atomic E-state index is -0.421. The van der Waals surface area contributed by atoms with Crippen molar-refractivity contribution in [2.45, 2.75) is 32.9 Å². The number of nitrogen functional groups attached to an aromatic ring is 1. The first-order chi connectivity index (χ1) is 9.90. The van der Waals surface area contributed by atoms with Crippen molar-refractivity contribution in [2.75, 3.05) is 5.73 Å². The highest BCUT2D eigenvalue weighted by molar-refractivity contribution is 5.94. The highest BCUT2D eigenvalue weighted by Crippen LogP contribution is 2.19. The lowest BCUT2D eigenvalue weighted by atomic mass is 10.1. The zero-order chi connectivity index (χ0) is 15.6. The third-order valence-corrected chi connectivity index (χ3v) is 3.38. The summed E-state index contributed by atoms with van der Waals surface area (Å²) < 4.78 is 15.5. The summed E-state index contributed by atoms with van der Waals surface area (Å²) in [6.45, 7) is 5.69. The van der Waals surface area contributed by atoms with E-state index in [0.29, 0.717) is 16.9 Å². The molecule has 5 heteroatoms. The number of carbonyl (C=O) groups excluding carboxylic acids is 1. The standard InChI is InChI=1S/C16H20FN3O/c1-10(2)20-9-12(18)8-15(20)16(21)19-11(3)13-6-4-5-7-14(13)17/h4-11H,18H2,1-3H3,(H,19,21). The number of anilines is 1. The van der Waals surface area contributed by atoms with Crippen LogP contribution in [0.25, 0.3) is 0 Å². The van der Waals surface area contributed by atoms with Crippen molar-refractivity contribution < 1.29 is 9.18 Å². The van der Waals surface area contributed by atoms with E-state index in [9.17, 15) is 9.18 Å². The lowest BCUT2D eigenvalue weighted by molar-refractivity contribution is 0.0928. The molecule has 0 fully saturated rings. The molecule has 0 aliphatic heterocycles. The van der Waals surface area contributed by atoms with Gasteiger partial charge in [0.2, 0.25) is 0 Å². The van der Waals surface area contributed by atoms with Crippen molar-refractivity contribution in [3.05, 3.63) is 53.6 Å². The summed E-state index contributed by atoms with van der Waals surface area (Å²) in [5, 5.41) is 2.81. The summed E-state index contributed by atoms with van der Waals surface area (Å²) in [6, 6.07) is 7.74. The zero-order valence-electron chi connectivity index (χ0n) is 12.4. The second kappa shape index (κ2) is 5.99. The number of hydrogen-bond donors (Lipinski definition) is 2. The van der Waals surface area contributed by atoms with E-state index < -0.39 is 6.04 Å². The lowest BCUT2D eigenvalue weighted by Crippen LogP contribution is -2.29. The molecule has 0 spiro atoms. The Morgan fingerprint density at radius 1 is 1.29 bits per heavy atom.